The average molecular weight is 361 g/mol. The van der Waals surface area contributed by atoms with Gasteiger partial charge in [0.25, 0.3) is 5.56 Å². The molecule has 0 amide bonds. The minimum atomic E-state index is -3.67. The van der Waals surface area contributed by atoms with Gasteiger partial charge >= 0.3 is 0 Å². The SMILES string of the molecule is C[C@@H]1CNCCCN1S(=O)(=O)c1cccc2c(=O)[nH]cc(C3CC3)c12. The summed E-state index contributed by atoms with van der Waals surface area (Å²) in [6.45, 7) is 3.88. The van der Waals surface area contributed by atoms with Crippen LogP contribution in [0.4, 0.5) is 0 Å². The molecule has 2 aliphatic rings. The highest BCUT2D eigenvalue weighted by Gasteiger charge is 2.34. The number of hydrogen-bond acceptors (Lipinski definition) is 4. The van der Waals surface area contributed by atoms with Crippen molar-refractivity contribution in [2.45, 2.75) is 43.0 Å². The number of nitrogens with zero attached hydrogens (tertiary/aromatic N) is 1. The summed E-state index contributed by atoms with van der Waals surface area (Å²) in [7, 11) is -3.67. The summed E-state index contributed by atoms with van der Waals surface area (Å²) in [5.74, 6) is 0.346. The molecule has 1 aromatic carbocycles. The van der Waals surface area contributed by atoms with Gasteiger partial charge in [-0.1, -0.05) is 6.07 Å². The van der Waals surface area contributed by atoms with E-state index in [2.05, 4.69) is 10.3 Å². The normalized spacial score (nSPS) is 22.8. The number of rotatable bonds is 3. The van der Waals surface area contributed by atoms with Crippen molar-refractivity contribution in [1.82, 2.24) is 14.6 Å². The molecule has 1 aromatic heterocycles. The van der Waals surface area contributed by atoms with Crippen molar-refractivity contribution in [2.24, 2.45) is 0 Å². The van der Waals surface area contributed by atoms with Crippen molar-refractivity contribution < 1.29 is 8.42 Å². The van der Waals surface area contributed by atoms with Crippen molar-refractivity contribution in [3.63, 3.8) is 0 Å². The van der Waals surface area contributed by atoms with Gasteiger partial charge in [-0.3, -0.25) is 4.79 Å². The maximum Gasteiger partial charge on any atom is 0.255 e. The summed E-state index contributed by atoms with van der Waals surface area (Å²) >= 11 is 0. The summed E-state index contributed by atoms with van der Waals surface area (Å²) in [4.78, 5) is 15.3. The van der Waals surface area contributed by atoms with E-state index in [9.17, 15) is 13.2 Å². The summed E-state index contributed by atoms with van der Waals surface area (Å²) < 4.78 is 28.5. The zero-order valence-corrected chi connectivity index (χ0v) is 15.1. The van der Waals surface area contributed by atoms with Crippen molar-refractivity contribution >= 4 is 20.8 Å². The molecule has 1 aliphatic carbocycles. The first-order chi connectivity index (χ1) is 12.0. The number of benzene rings is 1. The van der Waals surface area contributed by atoms with Gasteiger partial charge in [0, 0.05) is 36.1 Å². The van der Waals surface area contributed by atoms with Crippen LogP contribution in [0.5, 0.6) is 0 Å². The fraction of sp³-hybridized carbons (Fsp3) is 0.500. The summed E-state index contributed by atoms with van der Waals surface area (Å²) in [6, 6.07) is 4.91. The third-order valence-corrected chi connectivity index (χ3v) is 7.24. The number of hydrogen-bond donors (Lipinski definition) is 2. The van der Waals surface area contributed by atoms with E-state index < -0.39 is 10.0 Å². The molecule has 2 fully saturated rings. The van der Waals surface area contributed by atoms with Crippen LogP contribution in [0.25, 0.3) is 10.8 Å². The van der Waals surface area contributed by atoms with Gasteiger partial charge in [-0.15, -0.1) is 0 Å². The predicted octanol–water partition coefficient (Wildman–Crippen LogP) is 1.78. The number of aromatic amines is 1. The number of sulfonamides is 1. The van der Waals surface area contributed by atoms with E-state index in [1.54, 1.807) is 28.7 Å². The first kappa shape index (κ1) is 16.8. The first-order valence-electron chi connectivity index (χ1n) is 8.87. The number of aromatic nitrogens is 1. The summed E-state index contributed by atoms with van der Waals surface area (Å²) in [6.07, 6.45) is 4.57. The fourth-order valence-electron chi connectivity index (χ4n) is 3.72. The van der Waals surface area contributed by atoms with E-state index in [0.717, 1.165) is 31.4 Å². The Morgan fingerprint density at radius 2 is 2.04 bits per heavy atom. The maximum absolute atomic E-state index is 13.5. The van der Waals surface area contributed by atoms with Crippen LogP contribution in [-0.2, 0) is 10.0 Å². The molecule has 1 saturated carbocycles. The second-order valence-corrected chi connectivity index (χ2v) is 8.91. The van der Waals surface area contributed by atoms with Gasteiger partial charge in [0.05, 0.1) is 4.90 Å². The number of fused-ring (bicyclic) bond motifs is 1. The molecule has 2 N–H and O–H groups in total. The quantitative estimate of drug-likeness (QED) is 0.873. The van der Waals surface area contributed by atoms with Gasteiger partial charge in [-0.05, 0) is 56.3 Å². The molecule has 0 unspecified atom stereocenters. The zero-order chi connectivity index (χ0) is 17.6. The molecule has 6 nitrogen and oxygen atoms in total. The Labute approximate surface area is 147 Å². The Kier molecular flexibility index (Phi) is 4.17. The van der Waals surface area contributed by atoms with E-state index in [0.29, 0.717) is 29.8 Å². The van der Waals surface area contributed by atoms with Crippen LogP contribution in [0.15, 0.2) is 34.1 Å². The smallest absolute Gasteiger partial charge is 0.255 e. The largest absolute Gasteiger partial charge is 0.328 e. The average Bonchev–Trinajstić information content (AvgIpc) is 3.43. The van der Waals surface area contributed by atoms with Crippen LogP contribution in [-0.4, -0.2) is 43.4 Å². The van der Waals surface area contributed by atoms with E-state index in [-0.39, 0.29) is 16.5 Å². The lowest BCUT2D eigenvalue weighted by molar-refractivity contribution is 0.353. The van der Waals surface area contributed by atoms with E-state index in [1.807, 2.05) is 6.92 Å². The zero-order valence-electron chi connectivity index (χ0n) is 14.3. The van der Waals surface area contributed by atoms with Crippen molar-refractivity contribution in [3.8, 4) is 0 Å². The number of H-pyrrole nitrogens is 1. The molecule has 25 heavy (non-hydrogen) atoms. The highest BCUT2D eigenvalue weighted by molar-refractivity contribution is 7.89. The second-order valence-electron chi connectivity index (χ2n) is 7.05. The predicted molar refractivity (Wildman–Crippen MR) is 97.4 cm³/mol. The third-order valence-electron chi connectivity index (χ3n) is 5.19. The van der Waals surface area contributed by atoms with Crippen molar-refractivity contribution in [3.05, 3.63) is 40.3 Å². The van der Waals surface area contributed by atoms with E-state index in [4.69, 9.17) is 0 Å². The van der Waals surface area contributed by atoms with Crippen LogP contribution in [0.1, 0.15) is 37.7 Å². The standard InChI is InChI=1S/C18H23N3O3S/c1-12-10-19-8-3-9-21(12)25(23,24)16-5-2-4-14-17(16)15(13-6-7-13)11-20-18(14)22/h2,4-5,11-13,19H,3,6-10H2,1H3,(H,20,22)/t12-/m1/s1. The topological polar surface area (TPSA) is 82.3 Å². The monoisotopic (exact) mass is 361 g/mol. The molecule has 0 spiro atoms. The molecule has 2 heterocycles. The van der Waals surface area contributed by atoms with Gasteiger partial charge in [-0.25, -0.2) is 8.42 Å². The molecule has 0 bridgehead atoms. The van der Waals surface area contributed by atoms with Crippen LogP contribution < -0.4 is 10.9 Å². The lowest BCUT2D eigenvalue weighted by Gasteiger charge is -2.27. The molecule has 1 atom stereocenters. The first-order valence-corrected chi connectivity index (χ1v) is 10.3. The molecule has 2 aromatic rings. The van der Waals surface area contributed by atoms with Crippen molar-refractivity contribution in [2.75, 3.05) is 19.6 Å². The van der Waals surface area contributed by atoms with Crippen LogP contribution in [0, 0.1) is 0 Å². The van der Waals surface area contributed by atoms with Gasteiger partial charge in [-0.2, -0.15) is 4.31 Å². The third kappa shape index (κ3) is 2.90. The number of pyridine rings is 1. The molecule has 134 valence electrons. The molecule has 7 heteroatoms. The lowest BCUT2D eigenvalue weighted by Crippen LogP contribution is -2.41. The van der Waals surface area contributed by atoms with Crippen molar-refractivity contribution in [1.29, 1.82) is 0 Å². The fourth-order valence-corrected chi connectivity index (χ4v) is 5.63. The van der Waals surface area contributed by atoms with E-state index >= 15 is 0 Å². The van der Waals surface area contributed by atoms with Crippen LogP contribution in [0.2, 0.25) is 0 Å². The molecular weight excluding hydrogens is 338 g/mol. The molecule has 1 saturated heterocycles. The Bertz CT molecular complexity index is 963. The minimum Gasteiger partial charge on any atom is -0.328 e. The lowest BCUT2D eigenvalue weighted by atomic mass is 10.0. The highest BCUT2D eigenvalue weighted by Crippen LogP contribution is 2.44. The Balaban J connectivity index is 1.94. The Hall–Kier alpha value is -1.70. The van der Waals surface area contributed by atoms with Gasteiger partial charge in [0.1, 0.15) is 0 Å². The Morgan fingerprint density at radius 1 is 1.24 bits per heavy atom. The molecule has 4 rings (SSSR count). The Morgan fingerprint density at radius 3 is 2.80 bits per heavy atom. The van der Waals surface area contributed by atoms with Crippen LogP contribution >= 0.6 is 0 Å². The highest BCUT2D eigenvalue weighted by atomic mass is 32.2. The second kappa shape index (κ2) is 6.23. The molecule has 0 radical (unpaired) electrons. The van der Waals surface area contributed by atoms with Gasteiger partial charge in [0.15, 0.2) is 0 Å². The molecular formula is C18H23N3O3S. The summed E-state index contributed by atoms with van der Waals surface area (Å²) in [5, 5.41) is 4.35. The molecule has 1 aliphatic heterocycles. The maximum atomic E-state index is 13.5. The van der Waals surface area contributed by atoms with Gasteiger partial charge in [0.2, 0.25) is 10.0 Å². The van der Waals surface area contributed by atoms with E-state index in [1.165, 1.54) is 0 Å². The number of nitrogens with one attached hydrogen (secondary N) is 2. The minimum absolute atomic E-state index is 0.117. The van der Waals surface area contributed by atoms with Crippen LogP contribution in [0.3, 0.4) is 0 Å². The van der Waals surface area contributed by atoms with Gasteiger partial charge < -0.3 is 10.3 Å². The summed E-state index contributed by atoms with van der Waals surface area (Å²) in [5.41, 5.74) is 0.719.